The molecule has 2 aromatic rings. The van der Waals surface area contributed by atoms with Crippen molar-refractivity contribution in [3.63, 3.8) is 0 Å². The molecule has 0 spiro atoms. The first-order chi connectivity index (χ1) is 8.68. The van der Waals surface area contributed by atoms with E-state index in [0.29, 0.717) is 5.56 Å². The molecule has 90 valence electrons. The van der Waals surface area contributed by atoms with Crippen LogP contribution in [-0.2, 0) is 0 Å². The molecule has 0 fully saturated rings. The molecular weight excluding hydrogens is 337 g/mol. The first-order valence-electron chi connectivity index (χ1n) is 5.50. The van der Waals surface area contributed by atoms with Gasteiger partial charge in [-0.1, -0.05) is 54.6 Å². The van der Waals surface area contributed by atoms with Crippen LogP contribution in [0.25, 0.3) is 12.2 Å². The maximum atomic E-state index is 11.2. The molecule has 2 N–H and O–H groups in total. The zero-order valence-corrected chi connectivity index (χ0v) is 11.8. The maximum absolute atomic E-state index is 11.2. The van der Waals surface area contributed by atoms with E-state index in [1.54, 1.807) is 6.07 Å². The minimum Gasteiger partial charge on any atom is -0.366 e. The van der Waals surface area contributed by atoms with Crippen molar-refractivity contribution in [3.05, 3.63) is 68.8 Å². The second-order valence-corrected chi connectivity index (χ2v) is 4.90. The molecule has 2 rings (SSSR count). The Hall–Kier alpha value is -1.62. The Bertz CT molecular complexity index is 591. The number of carbonyl (C=O) groups is 1. The lowest BCUT2D eigenvalue weighted by molar-refractivity contribution is 0.0999. The van der Waals surface area contributed by atoms with Crippen molar-refractivity contribution in [3.8, 4) is 0 Å². The summed E-state index contributed by atoms with van der Waals surface area (Å²) in [5.41, 5.74) is 8.00. The highest BCUT2D eigenvalue weighted by Crippen LogP contribution is 2.19. The summed E-state index contributed by atoms with van der Waals surface area (Å²) >= 11 is 2.15. The van der Waals surface area contributed by atoms with Crippen molar-refractivity contribution in [2.24, 2.45) is 5.73 Å². The van der Waals surface area contributed by atoms with Crippen molar-refractivity contribution in [1.82, 2.24) is 0 Å². The Balaban J connectivity index is 2.33. The van der Waals surface area contributed by atoms with E-state index in [9.17, 15) is 4.79 Å². The van der Waals surface area contributed by atoms with Crippen LogP contribution in [0.5, 0.6) is 0 Å². The van der Waals surface area contributed by atoms with Crippen LogP contribution in [0.15, 0.2) is 48.5 Å². The fourth-order valence-electron chi connectivity index (χ4n) is 1.62. The Morgan fingerprint density at radius 2 is 1.72 bits per heavy atom. The molecule has 0 bridgehead atoms. The third-order valence-electron chi connectivity index (χ3n) is 2.55. The van der Waals surface area contributed by atoms with Gasteiger partial charge in [0.2, 0.25) is 5.91 Å². The van der Waals surface area contributed by atoms with Crippen LogP contribution in [0.2, 0.25) is 0 Å². The molecular formula is C15H12INO. The first kappa shape index (κ1) is 12.8. The summed E-state index contributed by atoms with van der Waals surface area (Å²) in [5, 5.41) is 0. The van der Waals surface area contributed by atoms with Gasteiger partial charge in [0.25, 0.3) is 0 Å². The second-order valence-electron chi connectivity index (χ2n) is 3.82. The normalized spacial score (nSPS) is 10.7. The van der Waals surface area contributed by atoms with E-state index in [1.165, 1.54) is 0 Å². The van der Waals surface area contributed by atoms with E-state index >= 15 is 0 Å². The number of hydrogen-bond donors (Lipinski definition) is 1. The molecule has 0 saturated carbocycles. The van der Waals surface area contributed by atoms with Crippen molar-refractivity contribution in [2.45, 2.75) is 0 Å². The highest BCUT2D eigenvalue weighted by Gasteiger charge is 2.07. The summed E-state index contributed by atoms with van der Waals surface area (Å²) in [5.74, 6) is -0.394. The van der Waals surface area contributed by atoms with Crippen molar-refractivity contribution in [1.29, 1.82) is 0 Å². The molecule has 1 amide bonds. The lowest BCUT2D eigenvalue weighted by Crippen LogP contribution is -2.13. The van der Waals surface area contributed by atoms with Crippen LogP contribution in [0.3, 0.4) is 0 Å². The van der Waals surface area contributed by atoms with E-state index in [0.717, 1.165) is 14.7 Å². The van der Waals surface area contributed by atoms with Gasteiger partial charge in [-0.3, -0.25) is 4.79 Å². The smallest absolute Gasteiger partial charge is 0.249 e. The van der Waals surface area contributed by atoms with Gasteiger partial charge in [-0.25, -0.2) is 0 Å². The van der Waals surface area contributed by atoms with Crippen molar-refractivity contribution >= 4 is 40.7 Å². The molecule has 0 radical (unpaired) electrons. The molecule has 0 aromatic heterocycles. The average Bonchev–Trinajstić information content (AvgIpc) is 2.38. The molecule has 18 heavy (non-hydrogen) atoms. The van der Waals surface area contributed by atoms with Gasteiger partial charge in [0.1, 0.15) is 0 Å². The maximum Gasteiger partial charge on any atom is 0.249 e. The van der Waals surface area contributed by atoms with Crippen molar-refractivity contribution in [2.75, 3.05) is 0 Å². The number of rotatable bonds is 3. The van der Waals surface area contributed by atoms with Crippen LogP contribution in [0.4, 0.5) is 0 Å². The number of primary amides is 1. The largest absolute Gasteiger partial charge is 0.366 e. The summed E-state index contributed by atoms with van der Waals surface area (Å²) < 4.78 is 0.884. The lowest BCUT2D eigenvalue weighted by Gasteiger charge is -2.03. The summed E-state index contributed by atoms with van der Waals surface area (Å²) in [6.07, 6.45) is 4.01. The highest BCUT2D eigenvalue weighted by atomic mass is 127. The topological polar surface area (TPSA) is 43.1 Å². The first-order valence-corrected chi connectivity index (χ1v) is 6.58. The van der Waals surface area contributed by atoms with E-state index in [4.69, 9.17) is 5.73 Å². The molecule has 2 nitrogen and oxygen atoms in total. The zero-order valence-electron chi connectivity index (χ0n) is 9.64. The predicted molar refractivity (Wildman–Crippen MR) is 83.0 cm³/mol. The van der Waals surface area contributed by atoms with Crippen LogP contribution >= 0.6 is 22.6 Å². The fraction of sp³-hybridized carbons (Fsp3) is 0. The van der Waals surface area contributed by atoms with Crippen LogP contribution in [0.1, 0.15) is 21.5 Å². The van der Waals surface area contributed by atoms with Crippen LogP contribution in [0, 0.1) is 3.57 Å². The van der Waals surface area contributed by atoms with Crippen LogP contribution < -0.4 is 5.73 Å². The summed E-state index contributed by atoms with van der Waals surface area (Å²) in [6.45, 7) is 0. The quantitative estimate of drug-likeness (QED) is 0.668. The number of hydrogen-bond acceptors (Lipinski definition) is 1. The van der Waals surface area contributed by atoms with Gasteiger partial charge in [-0.2, -0.15) is 0 Å². The standard InChI is InChI=1S/C15H12INO/c16-14-12(7-4-8-13(14)15(17)18)10-9-11-5-2-1-3-6-11/h1-10H,(H2,17,18). The molecule has 0 atom stereocenters. The SMILES string of the molecule is NC(=O)c1cccc(C=Cc2ccccc2)c1I. The Kier molecular flexibility index (Phi) is 4.15. The predicted octanol–water partition coefficient (Wildman–Crippen LogP) is 3.56. The molecule has 0 heterocycles. The third-order valence-corrected chi connectivity index (χ3v) is 3.75. The molecule has 0 saturated heterocycles. The number of nitrogens with two attached hydrogens (primary N) is 1. The summed E-state index contributed by atoms with van der Waals surface area (Å²) in [7, 11) is 0. The van der Waals surface area contributed by atoms with E-state index in [2.05, 4.69) is 22.6 Å². The van der Waals surface area contributed by atoms with E-state index in [-0.39, 0.29) is 0 Å². The number of benzene rings is 2. The van der Waals surface area contributed by atoms with E-state index in [1.807, 2.05) is 54.6 Å². The summed E-state index contributed by atoms with van der Waals surface area (Å²) in [4.78, 5) is 11.2. The van der Waals surface area contributed by atoms with Gasteiger partial charge < -0.3 is 5.73 Å². The van der Waals surface area contributed by atoms with Gasteiger partial charge in [-0.05, 0) is 39.8 Å². The molecule has 0 aliphatic heterocycles. The highest BCUT2D eigenvalue weighted by molar-refractivity contribution is 14.1. The van der Waals surface area contributed by atoms with Gasteiger partial charge in [0.15, 0.2) is 0 Å². The molecule has 0 aliphatic carbocycles. The summed E-state index contributed by atoms with van der Waals surface area (Å²) in [6, 6.07) is 15.6. The van der Waals surface area contributed by atoms with Gasteiger partial charge in [-0.15, -0.1) is 0 Å². The Labute approximate surface area is 120 Å². The van der Waals surface area contributed by atoms with Crippen molar-refractivity contribution < 1.29 is 4.79 Å². The Morgan fingerprint density at radius 3 is 2.39 bits per heavy atom. The number of carbonyl (C=O) groups excluding carboxylic acids is 1. The zero-order chi connectivity index (χ0) is 13.0. The lowest BCUT2D eigenvalue weighted by atomic mass is 10.1. The Morgan fingerprint density at radius 1 is 1.00 bits per heavy atom. The molecule has 2 aromatic carbocycles. The van der Waals surface area contributed by atoms with Crippen LogP contribution in [-0.4, -0.2) is 5.91 Å². The van der Waals surface area contributed by atoms with Gasteiger partial charge in [0, 0.05) is 3.57 Å². The molecule has 3 heteroatoms. The minimum absolute atomic E-state index is 0.394. The second kappa shape index (κ2) is 5.82. The number of halogens is 1. The van der Waals surface area contributed by atoms with E-state index < -0.39 is 5.91 Å². The van der Waals surface area contributed by atoms with Gasteiger partial charge in [0.05, 0.1) is 5.56 Å². The van der Waals surface area contributed by atoms with Gasteiger partial charge >= 0.3 is 0 Å². The number of amides is 1. The molecule has 0 unspecified atom stereocenters. The third kappa shape index (κ3) is 2.98. The molecule has 0 aliphatic rings. The monoisotopic (exact) mass is 349 g/mol. The minimum atomic E-state index is -0.394. The average molecular weight is 349 g/mol. The fourth-order valence-corrected chi connectivity index (χ4v) is 2.42.